The lowest BCUT2D eigenvalue weighted by molar-refractivity contribution is 0.298. The van der Waals surface area contributed by atoms with Crippen molar-refractivity contribution >= 4 is 15.9 Å². The van der Waals surface area contributed by atoms with Crippen LogP contribution in [0.5, 0.6) is 5.75 Å². The number of unbranched alkanes of at least 4 members (excludes halogenated alkanes) is 1. The lowest BCUT2D eigenvalue weighted by Gasteiger charge is -2.18. The standard InChI is InChI=1S/C16H26BrNO/c1-3-5-9-15(7-4-2)18-11-12-19-16-10-6-8-14(17)13-16/h6,8,10,13,15,18H,3-5,7,9,11-12H2,1-2H3. The van der Waals surface area contributed by atoms with Crippen LogP contribution in [0, 0.1) is 0 Å². The van der Waals surface area contributed by atoms with Gasteiger partial charge in [-0.3, -0.25) is 0 Å². The highest BCUT2D eigenvalue weighted by Crippen LogP contribution is 2.17. The van der Waals surface area contributed by atoms with E-state index in [4.69, 9.17) is 4.74 Å². The van der Waals surface area contributed by atoms with Crippen LogP contribution in [0.4, 0.5) is 0 Å². The molecule has 0 aliphatic carbocycles. The second-order valence-corrected chi connectivity index (χ2v) is 5.80. The Hall–Kier alpha value is -0.540. The molecule has 3 heteroatoms. The van der Waals surface area contributed by atoms with Gasteiger partial charge in [0.05, 0.1) is 0 Å². The van der Waals surface area contributed by atoms with Crippen molar-refractivity contribution in [1.29, 1.82) is 0 Å². The Morgan fingerprint density at radius 1 is 1.21 bits per heavy atom. The van der Waals surface area contributed by atoms with Crippen LogP contribution in [0.1, 0.15) is 46.0 Å². The molecule has 1 aromatic carbocycles. The molecule has 2 nitrogen and oxygen atoms in total. The molecule has 19 heavy (non-hydrogen) atoms. The summed E-state index contributed by atoms with van der Waals surface area (Å²) in [6.45, 7) is 6.14. The predicted octanol–water partition coefficient (Wildman–Crippen LogP) is 4.78. The lowest BCUT2D eigenvalue weighted by atomic mass is 10.1. The first-order valence-electron chi connectivity index (χ1n) is 7.38. The molecule has 0 aromatic heterocycles. The van der Waals surface area contributed by atoms with E-state index in [-0.39, 0.29) is 0 Å². The largest absolute Gasteiger partial charge is 0.492 e. The Kier molecular flexibility index (Phi) is 8.93. The highest BCUT2D eigenvalue weighted by Gasteiger charge is 2.05. The number of nitrogens with one attached hydrogen (secondary N) is 1. The van der Waals surface area contributed by atoms with Crippen LogP contribution in [-0.4, -0.2) is 19.2 Å². The van der Waals surface area contributed by atoms with Crippen LogP contribution >= 0.6 is 15.9 Å². The molecular weight excluding hydrogens is 302 g/mol. The van der Waals surface area contributed by atoms with Crippen molar-refractivity contribution in [3.8, 4) is 5.75 Å². The minimum Gasteiger partial charge on any atom is -0.492 e. The van der Waals surface area contributed by atoms with Crippen molar-refractivity contribution in [1.82, 2.24) is 5.32 Å². The van der Waals surface area contributed by atoms with E-state index in [0.717, 1.165) is 23.4 Å². The summed E-state index contributed by atoms with van der Waals surface area (Å²) in [5, 5.41) is 3.60. The van der Waals surface area contributed by atoms with Crippen molar-refractivity contribution in [2.24, 2.45) is 0 Å². The van der Waals surface area contributed by atoms with E-state index in [1.54, 1.807) is 0 Å². The number of rotatable bonds is 10. The third-order valence-corrected chi connectivity index (χ3v) is 3.64. The van der Waals surface area contributed by atoms with Gasteiger partial charge in [-0.1, -0.05) is 55.1 Å². The molecule has 0 radical (unpaired) electrons. The van der Waals surface area contributed by atoms with Crippen LogP contribution < -0.4 is 10.1 Å². The Labute approximate surface area is 126 Å². The fourth-order valence-electron chi connectivity index (χ4n) is 2.14. The zero-order chi connectivity index (χ0) is 13.9. The minimum absolute atomic E-state index is 0.649. The smallest absolute Gasteiger partial charge is 0.120 e. The van der Waals surface area contributed by atoms with Gasteiger partial charge in [0.25, 0.3) is 0 Å². The molecule has 0 heterocycles. The first-order valence-corrected chi connectivity index (χ1v) is 8.17. The van der Waals surface area contributed by atoms with Gasteiger partial charge in [0.2, 0.25) is 0 Å². The summed E-state index contributed by atoms with van der Waals surface area (Å²) in [5.41, 5.74) is 0. The van der Waals surface area contributed by atoms with Gasteiger partial charge in [0, 0.05) is 17.1 Å². The van der Waals surface area contributed by atoms with Crippen molar-refractivity contribution in [2.45, 2.75) is 52.0 Å². The normalized spacial score (nSPS) is 12.4. The molecule has 1 N–H and O–H groups in total. The molecule has 0 aliphatic heterocycles. The fourth-order valence-corrected chi connectivity index (χ4v) is 2.51. The summed E-state index contributed by atoms with van der Waals surface area (Å²) < 4.78 is 6.79. The lowest BCUT2D eigenvalue weighted by Crippen LogP contribution is -2.32. The van der Waals surface area contributed by atoms with Crippen LogP contribution in [0.3, 0.4) is 0 Å². The maximum atomic E-state index is 5.73. The average molecular weight is 328 g/mol. The molecule has 1 unspecified atom stereocenters. The van der Waals surface area contributed by atoms with E-state index in [1.807, 2.05) is 24.3 Å². The van der Waals surface area contributed by atoms with Gasteiger partial charge in [0.15, 0.2) is 0 Å². The molecule has 0 aliphatic rings. The van der Waals surface area contributed by atoms with Crippen LogP contribution in [0.25, 0.3) is 0 Å². The first kappa shape index (κ1) is 16.5. The van der Waals surface area contributed by atoms with E-state index >= 15 is 0 Å². The van der Waals surface area contributed by atoms with Gasteiger partial charge >= 0.3 is 0 Å². The summed E-state index contributed by atoms with van der Waals surface area (Å²) in [4.78, 5) is 0. The molecule has 0 bridgehead atoms. The van der Waals surface area contributed by atoms with Crippen molar-refractivity contribution in [2.75, 3.05) is 13.2 Å². The second-order valence-electron chi connectivity index (χ2n) is 4.89. The summed E-state index contributed by atoms with van der Waals surface area (Å²) in [6.07, 6.45) is 6.37. The van der Waals surface area contributed by atoms with Crippen LogP contribution in [-0.2, 0) is 0 Å². The van der Waals surface area contributed by atoms with E-state index in [0.29, 0.717) is 6.04 Å². The van der Waals surface area contributed by atoms with E-state index < -0.39 is 0 Å². The minimum atomic E-state index is 0.649. The van der Waals surface area contributed by atoms with Gasteiger partial charge < -0.3 is 10.1 Å². The Balaban J connectivity index is 2.20. The van der Waals surface area contributed by atoms with E-state index in [9.17, 15) is 0 Å². The quantitative estimate of drug-likeness (QED) is 0.624. The number of halogens is 1. The zero-order valence-corrected chi connectivity index (χ0v) is 13.7. The Morgan fingerprint density at radius 2 is 2.05 bits per heavy atom. The molecule has 0 fully saturated rings. The van der Waals surface area contributed by atoms with Crippen molar-refractivity contribution < 1.29 is 4.74 Å². The summed E-state index contributed by atoms with van der Waals surface area (Å²) in [6, 6.07) is 8.64. The topological polar surface area (TPSA) is 21.3 Å². The number of hydrogen-bond acceptors (Lipinski definition) is 2. The third kappa shape index (κ3) is 7.58. The monoisotopic (exact) mass is 327 g/mol. The summed E-state index contributed by atoms with van der Waals surface area (Å²) >= 11 is 3.45. The SMILES string of the molecule is CCCCC(CCC)NCCOc1cccc(Br)c1. The molecule has 0 saturated carbocycles. The van der Waals surface area contributed by atoms with E-state index in [2.05, 4.69) is 35.1 Å². The second kappa shape index (κ2) is 10.3. The molecule has 0 spiro atoms. The molecular formula is C16H26BrNO. The molecule has 0 amide bonds. The number of hydrogen-bond donors (Lipinski definition) is 1. The average Bonchev–Trinajstić information content (AvgIpc) is 2.41. The van der Waals surface area contributed by atoms with Crippen molar-refractivity contribution in [3.05, 3.63) is 28.7 Å². The molecule has 108 valence electrons. The summed E-state index contributed by atoms with van der Waals surface area (Å²) in [5.74, 6) is 0.928. The van der Waals surface area contributed by atoms with Gasteiger partial charge in [-0.2, -0.15) is 0 Å². The maximum absolute atomic E-state index is 5.73. The molecule has 1 aromatic rings. The molecule has 1 atom stereocenters. The fraction of sp³-hybridized carbons (Fsp3) is 0.625. The van der Waals surface area contributed by atoms with Gasteiger partial charge in [0.1, 0.15) is 12.4 Å². The number of ether oxygens (including phenoxy) is 1. The van der Waals surface area contributed by atoms with E-state index in [1.165, 1.54) is 32.1 Å². The first-order chi connectivity index (χ1) is 9.26. The Bertz CT molecular complexity index is 343. The van der Waals surface area contributed by atoms with Crippen LogP contribution in [0.2, 0.25) is 0 Å². The zero-order valence-electron chi connectivity index (χ0n) is 12.1. The van der Waals surface area contributed by atoms with Crippen molar-refractivity contribution in [3.63, 3.8) is 0 Å². The Morgan fingerprint density at radius 3 is 2.74 bits per heavy atom. The van der Waals surface area contributed by atoms with Gasteiger partial charge in [-0.05, 0) is 31.0 Å². The highest BCUT2D eigenvalue weighted by molar-refractivity contribution is 9.10. The van der Waals surface area contributed by atoms with Crippen LogP contribution in [0.15, 0.2) is 28.7 Å². The molecule has 1 rings (SSSR count). The predicted molar refractivity (Wildman–Crippen MR) is 85.9 cm³/mol. The molecule has 0 saturated heterocycles. The highest BCUT2D eigenvalue weighted by atomic mass is 79.9. The van der Waals surface area contributed by atoms with Gasteiger partial charge in [-0.25, -0.2) is 0 Å². The maximum Gasteiger partial charge on any atom is 0.120 e. The van der Waals surface area contributed by atoms with Gasteiger partial charge in [-0.15, -0.1) is 0 Å². The third-order valence-electron chi connectivity index (χ3n) is 3.14. The number of benzene rings is 1. The summed E-state index contributed by atoms with van der Waals surface area (Å²) in [7, 11) is 0.